The summed E-state index contributed by atoms with van der Waals surface area (Å²) < 4.78 is 5.60. The minimum atomic E-state index is -0.296. The van der Waals surface area contributed by atoms with Gasteiger partial charge in [-0.1, -0.05) is 0 Å². The zero-order valence-electron chi connectivity index (χ0n) is 9.92. The fourth-order valence-corrected chi connectivity index (χ4v) is 2.81. The monoisotopic (exact) mass is 283 g/mol. The van der Waals surface area contributed by atoms with Crippen LogP contribution < -0.4 is 10.9 Å². The van der Waals surface area contributed by atoms with E-state index in [0.717, 1.165) is 11.5 Å². The lowest BCUT2D eigenvalue weighted by Gasteiger charge is -2.29. The summed E-state index contributed by atoms with van der Waals surface area (Å²) in [5.74, 6) is 1.80. The van der Waals surface area contributed by atoms with Gasteiger partial charge in [0, 0.05) is 11.5 Å². The summed E-state index contributed by atoms with van der Waals surface area (Å²) in [6.07, 6.45) is 0.929. The van der Waals surface area contributed by atoms with Crippen molar-refractivity contribution in [1.29, 1.82) is 0 Å². The molecule has 1 saturated heterocycles. The van der Waals surface area contributed by atoms with Crippen LogP contribution in [0.1, 0.15) is 0 Å². The summed E-state index contributed by atoms with van der Waals surface area (Å²) in [4.78, 5) is 25.2. The number of fused-ring (bicyclic) bond motifs is 1. The number of aromatic nitrogens is 4. The number of nitrogens with one attached hydrogen (secondary N) is 3. The second-order valence-corrected chi connectivity index (χ2v) is 5.20. The van der Waals surface area contributed by atoms with Crippen LogP contribution in [0.2, 0.25) is 0 Å². The average Bonchev–Trinajstić information content (AvgIpc) is 2.88. The highest BCUT2D eigenvalue weighted by Crippen LogP contribution is 2.18. The predicted molar refractivity (Wildman–Crippen MR) is 71.2 cm³/mol. The third-order valence-electron chi connectivity index (χ3n) is 2.73. The minimum absolute atomic E-state index is 0.0203. The van der Waals surface area contributed by atoms with Gasteiger partial charge in [0.2, 0.25) is 5.95 Å². The molecule has 0 bridgehead atoms. The van der Waals surface area contributed by atoms with Gasteiger partial charge in [-0.3, -0.25) is 9.78 Å². The quantitative estimate of drug-likeness (QED) is 0.600. The number of hydrogen-bond acceptors (Lipinski definition) is 7. The Kier molecular flexibility index (Phi) is 3.40. The molecule has 2 aromatic heterocycles. The number of imidazole rings is 1. The molecule has 1 fully saturated rings. The Morgan fingerprint density at radius 3 is 3.32 bits per heavy atom. The molecule has 2 unspecified atom stereocenters. The molecule has 9 heteroatoms. The maximum atomic E-state index is 11.7. The number of ether oxygens (including phenoxy) is 1. The summed E-state index contributed by atoms with van der Waals surface area (Å²) >= 11 is 1.68. The summed E-state index contributed by atoms with van der Waals surface area (Å²) in [7, 11) is 0. The van der Waals surface area contributed by atoms with E-state index >= 15 is 0 Å². The number of nitrogens with zero attached hydrogens (tertiary/aromatic N) is 2. The van der Waals surface area contributed by atoms with Crippen molar-refractivity contribution < 1.29 is 9.84 Å². The Balaban J connectivity index is 1.79. The van der Waals surface area contributed by atoms with Gasteiger partial charge in [0.15, 0.2) is 11.2 Å². The van der Waals surface area contributed by atoms with Crippen molar-refractivity contribution in [3.63, 3.8) is 0 Å². The highest BCUT2D eigenvalue weighted by atomic mass is 32.2. The Hall–Kier alpha value is -1.58. The maximum absolute atomic E-state index is 11.7. The van der Waals surface area contributed by atoms with E-state index in [1.807, 2.05) is 0 Å². The lowest BCUT2D eigenvalue weighted by Crippen LogP contribution is -2.39. The van der Waals surface area contributed by atoms with Crippen LogP contribution in [-0.4, -0.2) is 55.5 Å². The van der Waals surface area contributed by atoms with E-state index in [9.17, 15) is 4.79 Å². The number of H-pyrrole nitrogens is 2. The molecule has 0 spiro atoms. The van der Waals surface area contributed by atoms with Crippen LogP contribution in [0.25, 0.3) is 11.2 Å². The third-order valence-corrected chi connectivity index (χ3v) is 3.87. The smallest absolute Gasteiger partial charge is 0.278 e. The molecular formula is C10H13N5O3S. The Morgan fingerprint density at radius 1 is 1.58 bits per heavy atom. The van der Waals surface area contributed by atoms with Crippen molar-refractivity contribution in [3.05, 3.63) is 16.7 Å². The second-order valence-electron chi connectivity index (χ2n) is 4.13. The summed E-state index contributed by atoms with van der Waals surface area (Å²) in [6.45, 7) is -0.0203. The molecule has 2 aromatic rings. The summed E-state index contributed by atoms with van der Waals surface area (Å²) in [5.41, 5.74) is 0.415. The maximum Gasteiger partial charge on any atom is 0.278 e. The van der Waals surface area contributed by atoms with Gasteiger partial charge in [-0.15, -0.1) is 0 Å². The SMILES string of the molecule is O=c1[nH]c(NC2CSCC(CO)O2)nc2nc[nH]c12. The Bertz CT molecular complexity index is 627. The third kappa shape index (κ3) is 2.57. The first-order valence-corrected chi connectivity index (χ1v) is 6.95. The van der Waals surface area contributed by atoms with Gasteiger partial charge in [0.1, 0.15) is 6.23 Å². The van der Waals surface area contributed by atoms with Crippen LogP contribution >= 0.6 is 11.8 Å². The molecule has 0 aromatic carbocycles. The molecule has 1 aliphatic heterocycles. The van der Waals surface area contributed by atoms with Crippen molar-refractivity contribution in [3.8, 4) is 0 Å². The van der Waals surface area contributed by atoms with Crippen LogP contribution in [0.15, 0.2) is 11.1 Å². The van der Waals surface area contributed by atoms with Gasteiger partial charge in [-0.25, -0.2) is 4.98 Å². The van der Waals surface area contributed by atoms with Crippen molar-refractivity contribution in [2.24, 2.45) is 0 Å². The summed E-state index contributed by atoms with van der Waals surface area (Å²) in [5, 5.41) is 12.1. The molecule has 0 saturated carbocycles. The van der Waals surface area contributed by atoms with E-state index in [4.69, 9.17) is 9.84 Å². The van der Waals surface area contributed by atoms with E-state index < -0.39 is 0 Å². The lowest BCUT2D eigenvalue weighted by molar-refractivity contribution is -0.00890. The Labute approximate surface area is 112 Å². The van der Waals surface area contributed by atoms with Crippen molar-refractivity contribution >= 4 is 28.9 Å². The first-order chi connectivity index (χ1) is 9.26. The molecule has 4 N–H and O–H groups in total. The van der Waals surface area contributed by atoms with E-state index in [0.29, 0.717) is 17.1 Å². The van der Waals surface area contributed by atoms with E-state index in [1.165, 1.54) is 6.33 Å². The zero-order valence-corrected chi connectivity index (χ0v) is 10.7. The number of hydrogen-bond donors (Lipinski definition) is 4. The second kappa shape index (κ2) is 5.19. The Morgan fingerprint density at radius 2 is 2.47 bits per heavy atom. The van der Waals surface area contributed by atoms with E-state index in [-0.39, 0.29) is 24.5 Å². The molecule has 8 nitrogen and oxygen atoms in total. The number of thioether (sulfide) groups is 1. The van der Waals surface area contributed by atoms with Crippen LogP contribution in [0.5, 0.6) is 0 Å². The molecule has 3 heterocycles. The molecular weight excluding hydrogens is 270 g/mol. The number of rotatable bonds is 3. The fraction of sp³-hybridized carbons (Fsp3) is 0.500. The van der Waals surface area contributed by atoms with Crippen LogP contribution in [-0.2, 0) is 4.74 Å². The fourth-order valence-electron chi connectivity index (χ4n) is 1.85. The molecule has 1 aliphatic rings. The van der Waals surface area contributed by atoms with Crippen LogP contribution in [0, 0.1) is 0 Å². The summed E-state index contributed by atoms with van der Waals surface area (Å²) in [6, 6.07) is 0. The van der Waals surface area contributed by atoms with Gasteiger partial charge < -0.3 is 20.1 Å². The van der Waals surface area contributed by atoms with Crippen molar-refractivity contribution in [1.82, 2.24) is 19.9 Å². The van der Waals surface area contributed by atoms with Gasteiger partial charge in [0.25, 0.3) is 5.56 Å². The molecule has 19 heavy (non-hydrogen) atoms. The number of anilines is 1. The highest BCUT2D eigenvalue weighted by Gasteiger charge is 2.22. The molecule has 0 radical (unpaired) electrons. The van der Waals surface area contributed by atoms with Gasteiger partial charge in [-0.2, -0.15) is 16.7 Å². The number of aliphatic hydroxyl groups is 1. The predicted octanol–water partition coefficient (Wildman–Crippen LogP) is -0.491. The molecule has 2 atom stereocenters. The zero-order chi connectivity index (χ0) is 13.2. The van der Waals surface area contributed by atoms with Crippen molar-refractivity contribution in [2.75, 3.05) is 23.4 Å². The van der Waals surface area contributed by atoms with Crippen molar-refractivity contribution in [2.45, 2.75) is 12.3 Å². The standard InChI is InChI=1S/C10H13N5O3S/c16-1-5-2-19-3-6(18-5)13-10-14-8-7(9(17)15-10)11-4-12-8/h4-6,16H,1-3H2,(H3,11,12,13,14,15,17). The van der Waals surface area contributed by atoms with E-state index in [2.05, 4.69) is 25.3 Å². The molecule has 102 valence electrons. The average molecular weight is 283 g/mol. The lowest BCUT2D eigenvalue weighted by atomic mass is 10.4. The minimum Gasteiger partial charge on any atom is -0.394 e. The van der Waals surface area contributed by atoms with E-state index in [1.54, 1.807) is 11.8 Å². The molecule has 3 rings (SSSR count). The first-order valence-electron chi connectivity index (χ1n) is 5.80. The number of aliphatic hydroxyl groups excluding tert-OH is 1. The molecule has 0 amide bonds. The number of aromatic amines is 2. The van der Waals surface area contributed by atoms with Crippen LogP contribution in [0.4, 0.5) is 5.95 Å². The van der Waals surface area contributed by atoms with Crippen LogP contribution in [0.3, 0.4) is 0 Å². The first kappa shape index (κ1) is 12.5. The normalized spacial score (nSPS) is 23.6. The van der Waals surface area contributed by atoms with Gasteiger partial charge in [0.05, 0.1) is 19.0 Å². The highest BCUT2D eigenvalue weighted by molar-refractivity contribution is 7.99. The topological polar surface area (TPSA) is 116 Å². The van der Waals surface area contributed by atoms with Gasteiger partial charge in [-0.05, 0) is 0 Å². The largest absolute Gasteiger partial charge is 0.394 e. The molecule has 0 aliphatic carbocycles. The van der Waals surface area contributed by atoms with Gasteiger partial charge >= 0.3 is 0 Å².